The van der Waals surface area contributed by atoms with Crippen LogP contribution in [0.25, 0.3) is 16.8 Å². The number of carbonyl (C=O) groups is 1. The fourth-order valence-electron chi connectivity index (χ4n) is 4.21. The molecule has 0 radical (unpaired) electrons. The second kappa shape index (κ2) is 9.16. The van der Waals surface area contributed by atoms with Crippen LogP contribution in [0, 0.1) is 0 Å². The van der Waals surface area contributed by atoms with E-state index in [1.807, 2.05) is 36.4 Å². The molecule has 3 heterocycles. The molecule has 0 unspecified atom stereocenters. The van der Waals surface area contributed by atoms with E-state index in [0.717, 1.165) is 11.2 Å². The smallest absolute Gasteiger partial charge is 0.245 e. The standard InChI is InChI=1S/C26H28N6O4S/c1-17(33)31-12-13-36-24-11-8-19(15-23(24)31)28-25-27-16-20-9-10-22(32(20)29-25)18-6-5-7-21(14-18)37(34,35)30-26(2,3)4/h5-11,14-16,30H,12-13H2,1-4H3,(H,28,29). The molecule has 2 aromatic heterocycles. The summed E-state index contributed by atoms with van der Waals surface area (Å²) in [6.45, 7) is 7.86. The maximum absolute atomic E-state index is 12.9. The van der Waals surface area contributed by atoms with Gasteiger partial charge in [-0.1, -0.05) is 12.1 Å². The van der Waals surface area contributed by atoms with E-state index < -0.39 is 15.6 Å². The molecule has 4 aromatic rings. The number of ether oxygens (including phenoxy) is 1. The zero-order valence-corrected chi connectivity index (χ0v) is 21.8. The van der Waals surface area contributed by atoms with Gasteiger partial charge < -0.3 is 15.0 Å². The molecular formula is C26H28N6O4S. The van der Waals surface area contributed by atoms with Crippen LogP contribution >= 0.6 is 0 Å². The summed E-state index contributed by atoms with van der Waals surface area (Å²) in [5.74, 6) is 0.930. The van der Waals surface area contributed by atoms with Gasteiger partial charge in [-0.15, -0.1) is 5.10 Å². The van der Waals surface area contributed by atoms with Crippen LogP contribution in [0.4, 0.5) is 17.3 Å². The number of carbonyl (C=O) groups excluding carboxylic acids is 1. The van der Waals surface area contributed by atoms with E-state index in [1.165, 1.54) is 6.92 Å². The molecule has 1 aliphatic rings. The summed E-state index contributed by atoms with van der Waals surface area (Å²) in [7, 11) is -3.69. The molecule has 0 atom stereocenters. The second-order valence-electron chi connectivity index (χ2n) is 9.85. The van der Waals surface area contributed by atoms with Crippen LogP contribution in [0.1, 0.15) is 27.7 Å². The number of sulfonamides is 1. The van der Waals surface area contributed by atoms with E-state index in [4.69, 9.17) is 4.74 Å². The first-order valence-corrected chi connectivity index (χ1v) is 13.3. The third-order valence-electron chi connectivity index (χ3n) is 5.74. The van der Waals surface area contributed by atoms with Crippen molar-refractivity contribution in [2.24, 2.45) is 0 Å². The topological polar surface area (TPSA) is 118 Å². The van der Waals surface area contributed by atoms with E-state index >= 15 is 0 Å². The summed E-state index contributed by atoms with van der Waals surface area (Å²) >= 11 is 0. The Bertz CT molecular complexity index is 1610. The highest BCUT2D eigenvalue weighted by atomic mass is 32.2. The van der Waals surface area contributed by atoms with Crippen molar-refractivity contribution in [3.63, 3.8) is 0 Å². The van der Waals surface area contributed by atoms with Gasteiger partial charge in [-0.25, -0.2) is 22.6 Å². The lowest BCUT2D eigenvalue weighted by atomic mass is 10.1. The first-order chi connectivity index (χ1) is 17.5. The van der Waals surface area contributed by atoms with Crippen LogP contribution in [0.5, 0.6) is 5.75 Å². The normalized spacial score (nSPS) is 13.8. The van der Waals surface area contributed by atoms with Crippen molar-refractivity contribution < 1.29 is 17.9 Å². The Morgan fingerprint density at radius 3 is 2.65 bits per heavy atom. The van der Waals surface area contributed by atoms with Gasteiger partial charge in [0.1, 0.15) is 12.4 Å². The second-order valence-corrected chi connectivity index (χ2v) is 11.5. The number of benzene rings is 2. The van der Waals surface area contributed by atoms with Crippen molar-refractivity contribution in [1.29, 1.82) is 0 Å². The van der Waals surface area contributed by atoms with E-state index in [-0.39, 0.29) is 10.8 Å². The van der Waals surface area contributed by atoms with Gasteiger partial charge in [0.05, 0.1) is 34.5 Å². The number of fused-ring (bicyclic) bond motifs is 2. The molecule has 1 aliphatic heterocycles. The average Bonchev–Trinajstić information content (AvgIpc) is 3.25. The van der Waals surface area contributed by atoms with Gasteiger partial charge in [-0.2, -0.15) is 0 Å². The van der Waals surface area contributed by atoms with Crippen LogP contribution in [0.15, 0.2) is 65.7 Å². The minimum absolute atomic E-state index is 0.0571. The molecule has 5 rings (SSSR count). The number of hydrogen-bond donors (Lipinski definition) is 2. The van der Waals surface area contributed by atoms with Gasteiger partial charge >= 0.3 is 0 Å². The van der Waals surface area contributed by atoms with Crippen LogP contribution in [0.3, 0.4) is 0 Å². The Hall–Kier alpha value is -3.96. The van der Waals surface area contributed by atoms with Gasteiger partial charge in [0.15, 0.2) is 0 Å². The fourth-order valence-corrected chi connectivity index (χ4v) is 5.68. The Kier molecular flexibility index (Phi) is 6.12. The highest BCUT2D eigenvalue weighted by Gasteiger charge is 2.23. The summed E-state index contributed by atoms with van der Waals surface area (Å²) < 4.78 is 35.8. The number of anilines is 3. The molecule has 0 spiro atoms. The number of aromatic nitrogens is 3. The molecule has 192 valence electrons. The van der Waals surface area contributed by atoms with E-state index in [2.05, 4.69) is 20.1 Å². The molecule has 1 amide bonds. The zero-order chi connectivity index (χ0) is 26.4. The Morgan fingerprint density at radius 1 is 1.08 bits per heavy atom. The monoisotopic (exact) mass is 520 g/mol. The third-order valence-corrected chi connectivity index (χ3v) is 7.49. The Morgan fingerprint density at radius 2 is 1.89 bits per heavy atom. The molecule has 0 aliphatic carbocycles. The maximum Gasteiger partial charge on any atom is 0.245 e. The summed E-state index contributed by atoms with van der Waals surface area (Å²) in [5, 5.41) is 7.83. The highest BCUT2D eigenvalue weighted by molar-refractivity contribution is 7.89. The number of rotatable bonds is 5. The van der Waals surface area contributed by atoms with E-state index in [1.54, 1.807) is 54.6 Å². The van der Waals surface area contributed by atoms with E-state index in [0.29, 0.717) is 41.8 Å². The van der Waals surface area contributed by atoms with Crippen molar-refractivity contribution in [1.82, 2.24) is 19.3 Å². The molecule has 0 bridgehead atoms. The van der Waals surface area contributed by atoms with Crippen LogP contribution < -0.4 is 19.7 Å². The van der Waals surface area contributed by atoms with Crippen molar-refractivity contribution in [2.75, 3.05) is 23.4 Å². The van der Waals surface area contributed by atoms with Crippen molar-refractivity contribution in [2.45, 2.75) is 38.1 Å². The zero-order valence-electron chi connectivity index (χ0n) is 21.0. The summed E-state index contributed by atoms with van der Waals surface area (Å²) in [5.41, 5.74) is 2.95. The maximum atomic E-state index is 12.9. The van der Waals surface area contributed by atoms with Crippen LogP contribution in [-0.4, -0.2) is 47.6 Å². The molecular weight excluding hydrogens is 492 g/mol. The SMILES string of the molecule is CC(=O)N1CCOc2ccc(Nc3ncc4ccc(-c5cccc(S(=O)(=O)NC(C)(C)C)c5)n4n3)cc21. The first-order valence-electron chi connectivity index (χ1n) is 11.8. The van der Waals surface area contributed by atoms with Crippen molar-refractivity contribution in [3.8, 4) is 17.0 Å². The van der Waals surface area contributed by atoms with Gasteiger partial charge in [-0.05, 0) is 63.2 Å². The molecule has 2 aromatic carbocycles. The van der Waals surface area contributed by atoms with Gasteiger partial charge in [0, 0.05) is 23.7 Å². The lowest BCUT2D eigenvalue weighted by molar-refractivity contribution is -0.116. The summed E-state index contributed by atoms with van der Waals surface area (Å²) in [6.07, 6.45) is 1.68. The molecule has 10 nitrogen and oxygen atoms in total. The lowest BCUT2D eigenvalue weighted by Crippen LogP contribution is -2.40. The molecule has 0 saturated carbocycles. The fraction of sp³-hybridized carbons (Fsp3) is 0.269. The minimum atomic E-state index is -3.69. The predicted molar refractivity (Wildman–Crippen MR) is 142 cm³/mol. The predicted octanol–water partition coefficient (Wildman–Crippen LogP) is 3.96. The number of nitrogens with one attached hydrogen (secondary N) is 2. The van der Waals surface area contributed by atoms with Gasteiger partial charge in [0.2, 0.25) is 21.9 Å². The van der Waals surface area contributed by atoms with Crippen molar-refractivity contribution in [3.05, 3.63) is 60.8 Å². The Balaban J connectivity index is 1.47. The first kappa shape index (κ1) is 24.7. The largest absolute Gasteiger partial charge is 0.490 e. The minimum Gasteiger partial charge on any atom is -0.490 e. The van der Waals surface area contributed by atoms with Gasteiger partial charge in [0.25, 0.3) is 0 Å². The highest BCUT2D eigenvalue weighted by Crippen LogP contribution is 2.35. The summed E-state index contributed by atoms with van der Waals surface area (Å²) in [4.78, 5) is 18.3. The number of hydrogen-bond acceptors (Lipinski definition) is 7. The lowest BCUT2D eigenvalue weighted by Gasteiger charge is -2.29. The van der Waals surface area contributed by atoms with E-state index in [9.17, 15) is 13.2 Å². The quantitative estimate of drug-likeness (QED) is 0.409. The number of amides is 1. The molecule has 0 fully saturated rings. The van der Waals surface area contributed by atoms with Gasteiger partial charge in [-0.3, -0.25) is 4.79 Å². The molecule has 0 saturated heterocycles. The molecule has 11 heteroatoms. The average molecular weight is 521 g/mol. The molecule has 37 heavy (non-hydrogen) atoms. The van der Waals surface area contributed by atoms with Crippen LogP contribution in [-0.2, 0) is 14.8 Å². The Labute approximate surface area is 215 Å². The molecule has 2 N–H and O–H groups in total. The van der Waals surface area contributed by atoms with Crippen LogP contribution in [0.2, 0.25) is 0 Å². The third kappa shape index (κ3) is 5.13. The summed E-state index contributed by atoms with van der Waals surface area (Å²) in [6, 6.07) is 16.0. The number of nitrogens with zero attached hydrogens (tertiary/aromatic N) is 4. The van der Waals surface area contributed by atoms with Crippen molar-refractivity contribution >= 4 is 38.8 Å².